The van der Waals surface area contributed by atoms with Crippen molar-refractivity contribution in [3.05, 3.63) is 23.8 Å². The van der Waals surface area contributed by atoms with Gasteiger partial charge in [-0.05, 0) is 50.6 Å². The molecule has 1 aromatic rings. The number of β-amino-alcohol motifs (C(OH)–C–C–N with tert-alkyl or cyclic N) is 1. The standard InChI is InChI=1S/C15H24N2O2/c1-12-5-6-15(19-2)14(9-12)16-10-13(18)11-17-7-3-4-8-17/h5-6,9,13,16,18H,3-4,7-8,10-11H2,1-2H3. The topological polar surface area (TPSA) is 44.7 Å². The number of benzene rings is 1. The third-order valence-electron chi connectivity index (χ3n) is 3.55. The zero-order valence-electron chi connectivity index (χ0n) is 11.9. The van der Waals surface area contributed by atoms with Crippen LogP contribution in [-0.4, -0.2) is 49.4 Å². The number of hydrogen-bond donors (Lipinski definition) is 2. The summed E-state index contributed by atoms with van der Waals surface area (Å²) in [5.74, 6) is 0.818. The van der Waals surface area contributed by atoms with E-state index in [4.69, 9.17) is 4.74 Å². The second-order valence-electron chi connectivity index (χ2n) is 5.25. The first-order valence-electron chi connectivity index (χ1n) is 6.98. The van der Waals surface area contributed by atoms with Crippen molar-refractivity contribution in [1.29, 1.82) is 0 Å². The highest BCUT2D eigenvalue weighted by Crippen LogP contribution is 2.25. The average Bonchev–Trinajstić information content (AvgIpc) is 2.89. The maximum Gasteiger partial charge on any atom is 0.141 e. The van der Waals surface area contributed by atoms with Gasteiger partial charge in [0.1, 0.15) is 5.75 Å². The van der Waals surface area contributed by atoms with Gasteiger partial charge >= 0.3 is 0 Å². The van der Waals surface area contributed by atoms with E-state index in [1.54, 1.807) is 7.11 Å². The highest BCUT2D eigenvalue weighted by Gasteiger charge is 2.15. The van der Waals surface area contributed by atoms with Crippen LogP contribution in [0.1, 0.15) is 18.4 Å². The Labute approximate surface area is 115 Å². The first-order chi connectivity index (χ1) is 9.19. The van der Waals surface area contributed by atoms with E-state index >= 15 is 0 Å². The number of likely N-dealkylation sites (tertiary alicyclic amines) is 1. The Morgan fingerprint density at radius 1 is 1.37 bits per heavy atom. The fourth-order valence-electron chi connectivity index (χ4n) is 2.52. The lowest BCUT2D eigenvalue weighted by molar-refractivity contribution is 0.135. The normalized spacial score (nSPS) is 17.4. The van der Waals surface area contributed by atoms with Crippen LogP contribution < -0.4 is 10.1 Å². The van der Waals surface area contributed by atoms with E-state index in [9.17, 15) is 5.11 Å². The summed E-state index contributed by atoms with van der Waals surface area (Å²) >= 11 is 0. The molecule has 4 nitrogen and oxygen atoms in total. The molecule has 1 atom stereocenters. The predicted molar refractivity (Wildman–Crippen MR) is 77.9 cm³/mol. The summed E-state index contributed by atoms with van der Waals surface area (Å²) < 4.78 is 5.31. The van der Waals surface area contributed by atoms with Crippen molar-refractivity contribution in [2.45, 2.75) is 25.9 Å². The fourth-order valence-corrected chi connectivity index (χ4v) is 2.52. The molecular formula is C15H24N2O2. The van der Waals surface area contributed by atoms with Crippen molar-refractivity contribution in [1.82, 2.24) is 4.90 Å². The summed E-state index contributed by atoms with van der Waals surface area (Å²) in [6.45, 7) is 5.58. The van der Waals surface area contributed by atoms with Crippen molar-refractivity contribution in [2.75, 3.05) is 38.6 Å². The molecule has 1 heterocycles. The van der Waals surface area contributed by atoms with Crippen LogP contribution in [0.3, 0.4) is 0 Å². The van der Waals surface area contributed by atoms with Crippen LogP contribution in [0.15, 0.2) is 18.2 Å². The quantitative estimate of drug-likeness (QED) is 0.823. The van der Waals surface area contributed by atoms with Crippen LogP contribution in [0.4, 0.5) is 5.69 Å². The molecule has 2 rings (SSSR count). The lowest BCUT2D eigenvalue weighted by Crippen LogP contribution is -2.34. The number of nitrogens with one attached hydrogen (secondary N) is 1. The van der Waals surface area contributed by atoms with E-state index in [0.717, 1.165) is 31.1 Å². The third kappa shape index (κ3) is 4.11. The highest BCUT2D eigenvalue weighted by molar-refractivity contribution is 5.58. The second-order valence-corrected chi connectivity index (χ2v) is 5.25. The predicted octanol–water partition coefficient (Wildman–Crippen LogP) is 1.87. The summed E-state index contributed by atoms with van der Waals surface area (Å²) in [6.07, 6.45) is 2.17. The lowest BCUT2D eigenvalue weighted by Gasteiger charge is -2.20. The van der Waals surface area contributed by atoms with Gasteiger partial charge in [0.2, 0.25) is 0 Å². The zero-order valence-corrected chi connectivity index (χ0v) is 11.9. The van der Waals surface area contributed by atoms with E-state index in [1.807, 2.05) is 25.1 Å². The molecule has 0 saturated carbocycles. The molecule has 0 radical (unpaired) electrons. The van der Waals surface area contributed by atoms with Crippen molar-refractivity contribution in [2.24, 2.45) is 0 Å². The molecular weight excluding hydrogens is 240 g/mol. The minimum Gasteiger partial charge on any atom is -0.495 e. The van der Waals surface area contributed by atoms with Gasteiger partial charge in [0, 0.05) is 13.1 Å². The number of anilines is 1. The van der Waals surface area contributed by atoms with Crippen LogP contribution >= 0.6 is 0 Å². The Hall–Kier alpha value is -1.26. The van der Waals surface area contributed by atoms with Gasteiger partial charge in [0.15, 0.2) is 0 Å². The molecule has 0 spiro atoms. The number of aliphatic hydroxyl groups excluding tert-OH is 1. The van der Waals surface area contributed by atoms with Gasteiger partial charge in [0.05, 0.1) is 18.9 Å². The Kier molecular flexibility index (Phi) is 5.05. The lowest BCUT2D eigenvalue weighted by atomic mass is 10.2. The second kappa shape index (κ2) is 6.78. The largest absolute Gasteiger partial charge is 0.495 e. The number of ether oxygens (including phenoxy) is 1. The van der Waals surface area contributed by atoms with E-state index in [-0.39, 0.29) is 6.10 Å². The maximum absolute atomic E-state index is 10.1. The van der Waals surface area contributed by atoms with E-state index < -0.39 is 0 Å². The highest BCUT2D eigenvalue weighted by atomic mass is 16.5. The van der Waals surface area contributed by atoms with Gasteiger partial charge in [-0.15, -0.1) is 0 Å². The van der Waals surface area contributed by atoms with E-state index in [2.05, 4.69) is 10.2 Å². The Balaban J connectivity index is 1.85. The Morgan fingerprint density at radius 3 is 2.79 bits per heavy atom. The van der Waals surface area contributed by atoms with E-state index in [1.165, 1.54) is 18.4 Å². The van der Waals surface area contributed by atoms with E-state index in [0.29, 0.717) is 6.54 Å². The van der Waals surface area contributed by atoms with Crippen molar-refractivity contribution in [3.63, 3.8) is 0 Å². The van der Waals surface area contributed by atoms with Gasteiger partial charge in [-0.1, -0.05) is 6.07 Å². The minimum atomic E-state index is -0.344. The molecule has 0 aromatic heterocycles. The third-order valence-corrected chi connectivity index (χ3v) is 3.55. The number of aryl methyl sites for hydroxylation is 1. The monoisotopic (exact) mass is 264 g/mol. The SMILES string of the molecule is COc1ccc(C)cc1NCC(O)CN1CCCC1. The summed E-state index contributed by atoms with van der Waals surface area (Å²) in [4.78, 5) is 2.32. The molecule has 106 valence electrons. The molecule has 0 bridgehead atoms. The van der Waals surface area contributed by atoms with Crippen LogP contribution in [0.5, 0.6) is 5.75 Å². The first kappa shape index (κ1) is 14.2. The summed E-state index contributed by atoms with van der Waals surface area (Å²) in [7, 11) is 1.66. The molecule has 0 amide bonds. The Bertz CT molecular complexity index is 403. The van der Waals surface area contributed by atoms with Crippen molar-refractivity contribution >= 4 is 5.69 Å². The average molecular weight is 264 g/mol. The molecule has 1 aromatic carbocycles. The zero-order chi connectivity index (χ0) is 13.7. The van der Waals surface area contributed by atoms with Gasteiger partial charge in [-0.3, -0.25) is 0 Å². The van der Waals surface area contributed by atoms with Crippen LogP contribution in [0, 0.1) is 6.92 Å². The number of aliphatic hydroxyl groups is 1. The van der Waals surface area contributed by atoms with Crippen LogP contribution in [-0.2, 0) is 0 Å². The summed E-state index contributed by atoms with van der Waals surface area (Å²) in [5, 5.41) is 13.3. The van der Waals surface area contributed by atoms with Crippen LogP contribution in [0.25, 0.3) is 0 Å². The molecule has 2 N–H and O–H groups in total. The number of methoxy groups -OCH3 is 1. The number of rotatable bonds is 6. The van der Waals surface area contributed by atoms with Crippen molar-refractivity contribution < 1.29 is 9.84 Å². The summed E-state index contributed by atoms with van der Waals surface area (Å²) in [6, 6.07) is 6.01. The molecule has 4 heteroatoms. The van der Waals surface area contributed by atoms with Gasteiger partial charge in [0.25, 0.3) is 0 Å². The van der Waals surface area contributed by atoms with Gasteiger partial charge < -0.3 is 20.1 Å². The number of nitrogens with zero attached hydrogens (tertiary/aromatic N) is 1. The molecule has 19 heavy (non-hydrogen) atoms. The fraction of sp³-hybridized carbons (Fsp3) is 0.600. The Morgan fingerprint density at radius 2 is 2.11 bits per heavy atom. The molecule has 1 aliphatic heterocycles. The minimum absolute atomic E-state index is 0.344. The van der Waals surface area contributed by atoms with Gasteiger partial charge in [-0.25, -0.2) is 0 Å². The van der Waals surface area contributed by atoms with Gasteiger partial charge in [-0.2, -0.15) is 0 Å². The molecule has 1 unspecified atom stereocenters. The molecule has 1 fully saturated rings. The first-order valence-corrected chi connectivity index (χ1v) is 6.98. The molecule has 1 saturated heterocycles. The number of hydrogen-bond acceptors (Lipinski definition) is 4. The molecule has 0 aliphatic carbocycles. The van der Waals surface area contributed by atoms with Crippen molar-refractivity contribution in [3.8, 4) is 5.75 Å². The summed E-state index contributed by atoms with van der Waals surface area (Å²) in [5.41, 5.74) is 2.13. The smallest absolute Gasteiger partial charge is 0.141 e. The van der Waals surface area contributed by atoms with Crippen LogP contribution in [0.2, 0.25) is 0 Å². The molecule has 1 aliphatic rings. The maximum atomic E-state index is 10.1.